The van der Waals surface area contributed by atoms with Gasteiger partial charge in [0.2, 0.25) is 5.95 Å². The van der Waals surface area contributed by atoms with Crippen molar-refractivity contribution >= 4 is 35.1 Å². The number of hydrogen-bond donors (Lipinski definition) is 1. The summed E-state index contributed by atoms with van der Waals surface area (Å²) < 4.78 is 7.47. The predicted molar refractivity (Wildman–Crippen MR) is 140 cm³/mol. The molecule has 5 rings (SSSR count). The number of morpholine rings is 1. The molecular weight excluding hydrogens is 474 g/mol. The highest BCUT2D eigenvalue weighted by Crippen LogP contribution is 2.27. The van der Waals surface area contributed by atoms with E-state index in [0.29, 0.717) is 35.2 Å². The van der Waals surface area contributed by atoms with Gasteiger partial charge in [-0.1, -0.05) is 48.2 Å². The fourth-order valence-electron chi connectivity index (χ4n) is 3.87. The number of benzene rings is 3. The molecule has 182 valence electrons. The van der Waals surface area contributed by atoms with Gasteiger partial charge in [0.25, 0.3) is 5.91 Å². The number of nitrogens with zero attached hydrogens (tertiary/aromatic N) is 4. The number of amides is 1. The first kappa shape index (κ1) is 23.8. The Balaban J connectivity index is 1.27. The van der Waals surface area contributed by atoms with E-state index in [1.165, 1.54) is 11.8 Å². The highest BCUT2D eigenvalue weighted by molar-refractivity contribution is 7.99. The molecule has 1 fully saturated rings. The third-order valence-electron chi connectivity index (χ3n) is 5.76. The monoisotopic (exact) mass is 499 g/mol. The van der Waals surface area contributed by atoms with Gasteiger partial charge in [0.15, 0.2) is 10.9 Å². The van der Waals surface area contributed by atoms with Gasteiger partial charge >= 0.3 is 0 Å². The first-order valence-corrected chi connectivity index (χ1v) is 12.6. The molecule has 0 radical (unpaired) electrons. The number of para-hydroxylation sites is 1. The molecule has 4 aromatic rings. The summed E-state index contributed by atoms with van der Waals surface area (Å²) in [7, 11) is 0. The molecule has 1 saturated heterocycles. The average molecular weight is 500 g/mol. The SMILES string of the molecule is O=C(CSc1nnc(N2CCOCC2)n1-c1ccccc1)c1ccc(NC(=O)c2ccccc2)cc1. The summed E-state index contributed by atoms with van der Waals surface area (Å²) in [6.45, 7) is 2.76. The zero-order chi connectivity index (χ0) is 24.7. The van der Waals surface area contributed by atoms with Gasteiger partial charge < -0.3 is 15.0 Å². The summed E-state index contributed by atoms with van der Waals surface area (Å²) >= 11 is 1.35. The smallest absolute Gasteiger partial charge is 0.255 e. The van der Waals surface area contributed by atoms with Crippen LogP contribution in [0.4, 0.5) is 11.6 Å². The number of carbonyl (C=O) groups excluding carboxylic acids is 2. The summed E-state index contributed by atoms with van der Waals surface area (Å²) in [6.07, 6.45) is 0. The molecule has 1 aromatic heterocycles. The van der Waals surface area contributed by atoms with E-state index >= 15 is 0 Å². The maximum atomic E-state index is 12.9. The molecule has 9 heteroatoms. The molecular formula is C27H25N5O3S. The van der Waals surface area contributed by atoms with Gasteiger partial charge in [-0.3, -0.25) is 14.2 Å². The van der Waals surface area contributed by atoms with Gasteiger partial charge in [-0.25, -0.2) is 0 Å². The van der Waals surface area contributed by atoms with Crippen LogP contribution in [0, 0.1) is 0 Å². The van der Waals surface area contributed by atoms with Crippen LogP contribution in [0.25, 0.3) is 5.69 Å². The van der Waals surface area contributed by atoms with Gasteiger partial charge in [0, 0.05) is 29.9 Å². The van der Waals surface area contributed by atoms with Crippen molar-refractivity contribution in [3.63, 3.8) is 0 Å². The number of rotatable bonds is 8. The molecule has 0 aliphatic carbocycles. The lowest BCUT2D eigenvalue weighted by molar-refractivity contribution is 0.101. The largest absolute Gasteiger partial charge is 0.378 e. The van der Waals surface area contributed by atoms with Gasteiger partial charge in [0.05, 0.1) is 24.7 Å². The van der Waals surface area contributed by atoms with E-state index in [4.69, 9.17) is 4.74 Å². The molecule has 0 unspecified atom stereocenters. The van der Waals surface area contributed by atoms with E-state index in [0.717, 1.165) is 24.7 Å². The molecule has 1 aliphatic rings. The summed E-state index contributed by atoms with van der Waals surface area (Å²) in [5, 5.41) is 12.4. The maximum absolute atomic E-state index is 12.9. The van der Waals surface area contributed by atoms with E-state index in [1.54, 1.807) is 36.4 Å². The quantitative estimate of drug-likeness (QED) is 0.285. The fraction of sp³-hybridized carbons (Fsp3) is 0.185. The van der Waals surface area contributed by atoms with Crippen molar-refractivity contribution in [2.24, 2.45) is 0 Å². The number of nitrogens with one attached hydrogen (secondary N) is 1. The number of ether oxygens (including phenoxy) is 1. The molecule has 1 N–H and O–H groups in total. The third-order valence-corrected chi connectivity index (χ3v) is 6.69. The van der Waals surface area contributed by atoms with Gasteiger partial charge in [-0.05, 0) is 48.5 Å². The minimum atomic E-state index is -0.193. The molecule has 0 saturated carbocycles. The lowest BCUT2D eigenvalue weighted by Gasteiger charge is -2.27. The van der Waals surface area contributed by atoms with Gasteiger partial charge in [-0.2, -0.15) is 0 Å². The Bertz CT molecular complexity index is 1320. The molecule has 1 aliphatic heterocycles. The highest BCUT2D eigenvalue weighted by atomic mass is 32.2. The normalized spacial score (nSPS) is 13.4. The first-order chi connectivity index (χ1) is 17.7. The molecule has 1 amide bonds. The lowest BCUT2D eigenvalue weighted by Crippen LogP contribution is -2.37. The van der Waals surface area contributed by atoms with Crippen molar-refractivity contribution < 1.29 is 14.3 Å². The third kappa shape index (κ3) is 5.48. The van der Waals surface area contributed by atoms with Crippen LogP contribution in [-0.4, -0.2) is 58.5 Å². The molecule has 0 bridgehead atoms. The van der Waals surface area contributed by atoms with Gasteiger partial charge in [-0.15, -0.1) is 10.2 Å². The Morgan fingerprint density at radius 3 is 2.19 bits per heavy atom. The van der Waals surface area contributed by atoms with E-state index in [-0.39, 0.29) is 17.4 Å². The number of Topliss-reactive ketones (excluding diaryl/α,β-unsaturated/α-hetero) is 1. The highest BCUT2D eigenvalue weighted by Gasteiger charge is 2.22. The summed E-state index contributed by atoms with van der Waals surface area (Å²) in [5.74, 6) is 0.736. The zero-order valence-corrected chi connectivity index (χ0v) is 20.4. The Morgan fingerprint density at radius 2 is 1.50 bits per heavy atom. The van der Waals surface area contributed by atoms with Crippen molar-refractivity contribution in [3.05, 3.63) is 96.1 Å². The second kappa shape index (κ2) is 11.2. The van der Waals surface area contributed by atoms with E-state index in [2.05, 4.69) is 20.4 Å². The predicted octanol–water partition coefficient (Wildman–Crippen LogP) is 4.33. The average Bonchev–Trinajstić information content (AvgIpc) is 3.37. The fourth-order valence-corrected chi connectivity index (χ4v) is 4.71. The second-order valence-corrected chi connectivity index (χ2v) is 9.10. The minimum Gasteiger partial charge on any atom is -0.378 e. The topological polar surface area (TPSA) is 89.3 Å². The molecule has 36 heavy (non-hydrogen) atoms. The number of aromatic nitrogens is 3. The van der Waals surface area contributed by atoms with Crippen LogP contribution < -0.4 is 10.2 Å². The molecule has 0 atom stereocenters. The standard InChI is InChI=1S/C27H25N5O3S/c33-24(20-11-13-22(14-12-20)28-25(34)21-7-3-1-4-8-21)19-36-27-30-29-26(31-15-17-35-18-16-31)32(27)23-9-5-2-6-10-23/h1-14H,15-19H2,(H,28,34). The first-order valence-electron chi connectivity index (χ1n) is 11.6. The minimum absolute atomic E-state index is 0.0310. The Labute approximate surface area is 213 Å². The number of carbonyl (C=O) groups is 2. The van der Waals surface area contributed by atoms with E-state index in [9.17, 15) is 9.59 Å². The van der Waals surface area contributed by atoms with Crippen LogP contribution in [0.1, 0.15) is 20.7 Å². The van der Waals surface area contributed by atoms with Crippen LogP contribution in [0.2, 0.25) is 0 Å². The summed E-state index contributed by atoms with van der Waals surface area (Å²) in [6, 6.07) is 25.8. The number of thioether (sulfide) groups is 1. The van der Waals surface area contributed by atoms with Crippen LogP contribution in [-0.2, 0) is 4.74 Å². The van der Waals surface area contributed by atoms with Crippen LogP contribution >= 0.6 is 11.8 Å². The van der Waals surface area contributed by atoms with Crippen LogP contribution in [0.3, 0.4) is 0 Å². The Morgan fingerprint density at radius 1 is 0.833 bits per heavy atom. The number of anilines is 2. The Hall–Kier alpha value is -3.95. The number of ketones is 1. The van der Waals surface area contributed by atoms with E-state index < -0.39 is 0 Å². The maximum Gasteiger partial charge on any atom is 0.255 e. The lowest BCUT2D eigenvalue weighted by atomic mass is 10.1. The summed E-state index contributed by atoms with van der Waals surface area (Å²) in [5.41, 5.74) is 2.72. The van der Waals surface area contributed by atoms with Crippen molar-refractivity contribution in [1.82, 2.24) is 14.8 Å². The summed E-state index contributed by atoms with van der Waals surface area (Å²) in [4.78, 5) is 27.4. The van der Waals surface area contributed by atoms with Crippen molar-refractivity contribution in [3.8, 4) is 5.69 Å². The van der Waals surface area contributed by atoms with Crippen molar-refractivity contribution in [1.29, 1.82) is 0 Å². The van der Waals surface area contributed by atoms with Gasteiger partial charge in [0.1, 0.15) is 0 Å². The zero-order valence-electron chi connectivity index (χ0n) is 19.5. The number of hydrogen-bond acceptors (Lipinski definition) is 7. The Kier molecular flexibility index (Phi) is 7.39. The van der Waals surface area contributed by atoms with Crippen molar-refractivity contribution in [2.75, 3.05) is 42.3 Å². The molecule has 3 aromatic carbocycles. The molecule has 8 nitrogen and oxygen atoms in total. The van der Waals surface area contributed by atoms with Crippen LogP contribution in [0.5, 0.6) is 0 Å². The molecule has 2 heterocycles. The van der Waals surface area contributed by atoms with Crippen molar-refractivity contribution in [2.45, 2.75) is 5.16 Å². The molecule has 0 spiro atoms. The van der Waals surface area contributed by atoms with E-state index in [1.807, 2.05) is 53.1 Å². The van der Waals surface area contributed by atoms with Crippen LogP contribution in [0.15, 0.2) is 90.1 Å². The second-order valence-electron chi connectivity index (χ2n) is 8.16.